The molecule has 0 radical (unpaired) electrons. The van der Waals surface area contributed by atoms with Gasteiger partial charge in [0.05, 0.1) is 28.8 Å². The Bertz CT molecular complexity index is 1050. The fraction of sp³-hybridized carbons (Fsp3) is 0.368. The molecule has 28 heavy (non-hydrogen) atoms. The van der Waals surface area contributed by atoms with Gasteiger partial charge in [0.25, 0.3) is 0 Å². The lowest BCUT2D eigenvalue weighted by atomic mass is 10.1. The van der Waals surface area contributed by atoms with Gasteiger partial charge in [-0.15, -0.1) is 0 Å². The van der Waals surface area contributed by atoms with Crippen molar-refractivity contribution in [1.29, 1.82) is 0 Å². The number of aryl methyl sites for hydroxylation is 3. The Hall–Kier alpha value is -3.36. The van der Waals surface area contributed by atoms with Crippen LogP contribution in [0.5, 0.6) is 0 Å². The van der Waals surface area contributed by atoms with Gasteiger partial charge in [-0.1, -0.05) is 11.2 Å². The number of anilines is 2. The molecule has 3 aromatic rings. The maximum absolute atomic E-state index is 12.6. The summed E-state index contributed by atoms with van der Waals surface area (Å²) in [6.45, 7) is 4.50. The number of rotatable bonds is 5. The molecule has 0 unspecified atom stereocenters. The van der Waals surface area contributed by atoms with E-state index < -0.39 is 6.09 Å². The summed E-state index contributed by atoms with van der Waals surface area (Å²) in [5.41, 5.74) is 3.23. The number of fused-ring (bicyclic) bond motifs is 1. The second-order valence-corrected chi connectivity index (χ2v) is 6.76. The average molecular weight is 383 g/mol. The lowest BCUT2D eigenvalue weighted by Gasteiger charge is -2.14. The van der Waals surface area contributed by atoms with Crippen LogP contribution in [-0.2, 0) is 23.0 Å². The van der Waals surface area contributed by atoms with Crippen molar-refractivity contribution in [2.45, 2.75) is 26.7 Å². The molecule has 3 heterocycles. The molecule has 9 heteroatoms. The number of ether oxygens (including phenoxy) is 1. The van der Waals surface area contributed by atoms with Crippen molar-refractivity contribution in [3.63, 3.8) is 0 Å². The largest absolute Gasteiger partial charge is 0.447 e. The van der Waals surface area contributed by atoms with Gasteiger partial charge in [-0.3, -0.25) is 14.4 Å². The SMILES string of the molecule is Cc1noc(C)c1CCC(=O)Nc1nn(C)c2cccc(N3CCOC3=O)c12. The Morgan fingerprint density at radius 1 is 1.32 bits per heavy atom. The average Bonchev–Trinajstić information content (AvgIpc) is 3.32. The smallest absolute Gasteiger partial charge is 0.414 e. The van der Waals surface area contributed by atoms with Gasteiger partial charge in [0.1, 0.15) is 12.4 Å². The van der Waals surface area contributed by atoms with Crippen LogP contribution in [0.25, 0.3) is 10.9 Å². The van der Waals surface area contributed by atoms with E-state index in [1.54, 1.807) is 16.6 Å². The maximum atomic E-state index is 12.6. The van der Waals surface area contributed by atoms with E-state index in [1.807, 2.05) is 32.0 Å². The van der Waals surface area contributed by atoms with Crippen molar-refractivity contribution in [1.82, 2.24) is 14.9 Å². The third-order valence-corrected chi connectivity index (χ3v) is 4.95. The first-order valence-corrected chi connectivity index (χ1v) is 9.07. The highest BCUT2D eigenvalue weighted by molar-refractivity contribution is 6.09. The normalized spacial score (nSPS) is 14.0. The molecule has 0 saturated carbocycles. The lowest BCUT2D eigenvalue weighted by Crippen LogP contribution is -2.23. The van der Waals surface area contributed by atoms with Gasteiger partial charge in [0, 0.05) is 19.0 Å². The van der Waals surface area contributed by atoms with Crippen LogP contribution >= 0.6 is 0 Å². The van der Waals surface area contributed by atoms with E-state index in [4.69, 9.17) is 9.26 Å². The standard InChI is InChI=1S/C19H21N5O4/c1-11-13(12(2)28-22-11)7-8-16(25)20-18-17-14(23(3)21-18)5-4-6-15(17)24-9-10-27-19(24)26/h4-6H,7-10H2,1-3H3,(H,20,21,25). The Morgan fingerprint density at radius 3 is 2.82 bits per heavy atom. The number of carbonyl (C=O) groups excluding carboxylic acids is 2. The number of nitrogens with zero attached hydrogens (tertiary/aromatic N) is 4. The fourth-order valence-corrected chi connectivity index (χ4v) is 3.51. The van der Waals surface area contributed by atoms with Crippen LogP contribution < -0.4 is 10.2 Å². The van der Waals surface area contributed by atoms with Crippen LogP contribution in [0.15, 0.2) is 22.7 Å². The van der Waals surface area contributed by atoms with E-state index in [0.29, 0.717) is 31.1 Å². The molecule has 146 valence electrons. The van der Waals surface area contributed by atoms with Crippen LogP contribution in [0.1, 0.15) is 23.4 Å². The molecule has 0 atom stereocenters. The number of nitrogens with one attached hydrogen (secondary N) is 1. The van der Waals surface area contributed by atoms with Gasteiger partial charge >= 0.3 is 6.09 Å². The van der Waals surface area contributed by atoms with Crippen molar-refractivity contribution in [2.24, 2.45) is 7.05 Å². The second-order valence-electron chi connectivity index (χ2n) is 6.76. The van der Waals surface area contributed by atoms with Crippen molar-refractivity contribution < 1.29 is 18.8 Å². The summed E-state index contributed by atoms with van der Waals surface area (Å²) in [6.07, 6.45) is 0.407. The van der Waals surface area contributed by atoms with E-state index in [1.165, 1.54) is 0 Å². The molecule has 0 spiro atoms. The molecule has 2 aromatic heterocycles. The molecule has 4 rings (SSSR count). The first-order valence-electron chi connectivity index (χ1n) is 9.07. The molecule has 1 aromatic carbocycles. The first-order chi connectivity index (χ1) is 13.5. The molecule has 0 bridgehead atoms. The predicted octanol–water partition coefficient (Wildman–Crippen LogP) is 2.71. The quantitative estimate of drug-likeness (QED) is 0.727. The number of hydrogen-bond acceptors (Lipinski definition) is 6. The van der Waals surface area contributed by atoms with E-state index >= 15 is 0 Å². The highest BCUT2D eigenvalue weighted by Crippen LogP contribution is 2.34. The summed E-state index contributed by atoms with van der Waals surface area (Å²) < 4.78 is 11.9. The molecule has 9 nitrogen and oxygen atoms in total. The Balaban J connectivity index is 1.60. The summed E-state index contributed by atoms with van der Waals surface area (Å²) in [6, 6.07) is 5.58. The van der Waals surface area contributed by atoms with Gasteiger partial charge in [-0.25, -0.2) is 4.79 Å². The molecule has 1 aliphatic rings. The zero-order chi connectivity index (χ0) is 19.8. The Labute approximate surface area is 161 Å². The van der Waals surface area contributed by atoms with Gasteiger partial charge in [0.2, 0.25) is 5.91 Å². The van der Waals surface area contributed by atoms with Crippen molar-refractivity contribution in [3.8, 4) is 0 Å². The minimum Gasteiger partial charge on any atom is -0.447 e. The summed E-state index contributed by atoms with van der Waals surface area (Å²) in [5, 5.41) is 12.0. The minimum atomic E-state index is -0.396. The zero-order valence-electron chi connectivity index (χ0n) is 16.0. The van der Waals surface area contributed by atoms with E-state index in [9.17, 15) is 9.59 Å². The van der Waals surface area contributed by atoms with Crippen molar-refractivity contribution in [2.75, 3.05) is 23.4 Å². The van der Waals surface area contributed by atoms with Crippen LogP contribution in [0.3, 0.4) is 0 Å². The fourth-order valence-electron chi connectivity index (χ4n) is 3.51. The maximum Gasteiger partial charge on any atom is 0.414 e. The number of carbonyl (C=O) groups is 2. The number of amides is 2. The van der Waals surface area contributed by atoms with E-state index in [-0.39, 0.29) is 12.3 Å². The highest BCUT2D eigenvalue weighted by Gasteiger charge is 2.27. The summed E-state index contributed by atoms with van der Waals surface area (Å²) in [5.74, 6) is 0.985. The lowest BCUT2D eigenvalue weighted by molar-refractivity contribution is -0.116. The third-order valence-electron chi connectivity index (χ3n) is 4.95. The molecule has 1 N–H and O–H groups in total. The van der Waals surface area contributed by atoms with E-state index in [0.717, 1.165) is 27.9 Å². The topological polar surface area (TPSA) is 102 Å². The molecule has 1 saturated heterocycles. The third kappa shape index (κ3) is 3.08. The first kappa shape index (κ1) is 18.0. The molecule has 1 aliphatic heterocycles. The number of hydrogen-bond donors (Lipinski definition) is 1. The van der Waals surface area contributed by atoms with Gasteiger partial charge in [-0.05, 0) is 32.4 Å². The molecule has 0 aliphatic carbocycles. The van der Waals surface area contributed by atoms with Gasteiger partial charge in [0.15, 0.2) is 5.82 Å². The highest BCUT2D eigenvalue weighted by atomic mass is 16.6. The van der Waals surface area contributed by atoms with Crippen LogP contribution in [-0.4, -0.2) is 40.1 Å². The van der Waals surface area contributed by atoms with E-state index in [2.05, 4.69) is 15.6 Å². The van der Waals surface area contributed by atoms with Crippen molar-refractivity contribution in [3.05, 3.63) is 35.2 Å². The molecular formula is C19H21N5O4. The molecule has 2 amide bonds. The molecule has 1 fully saturated rings. The van der Waals surface area contributed by atoms with Crippen molar-refractivity contribution >= 4 is 34.4 Å². The second kappa shape index (κ2) is 6.99. The minimum absolute atomic E-state index is 0.168. The van der Waals surface area contributed by atoms with Crippen LogP contribution in [0.4, 0.5) is 16.3 Å². The van der Waals surface area contributed by atoms with Gasteiger partial charge in [-0.2, -0.15) is 5.10 Å². The number of aromatic nitrogens is 3. The Kier molecular flexibility index (Phi) is 4.50. The van der Waals surface area contributed by atoms with Gasteiger partial charge < -0.3 is 14.6 Å². The number of benzene rings is 1. The predicted molar refractivity (Wildman–Crippen MR) is 102 cm³/mol. The van der Waals surface area contributed by atoms with Crippen LogP contribution in [0, 0.1) is 13.8 Å². The number of cyclic esters (lactones) is 1. The molecular weight excluding hydrogens is 362 g/mol. The van der Waals surface area contributed by atoms with Crippen LogP contribution in [0.2, 0.25) is 0 Å². The summed E-state index contributed by atoms with van der Waals surface area (Å²) in [4.78, 5) is 26.2. The Morgan fingerprint density at radius 2 is 2.14 bits per heavy atom. The zero-order valence-corrected chi connectivity index (χ0v) is 16.0. The monoisotopic (exact) mass is 383 g/mol. The summed E-state index contributed by atoms with van der Waals surface area (Å²) in [7, 11) is 1.80. The summed E-state index contributed by atoms with van der Waals surface area (Å²) >= 11 is 0.